The molecule has 0 aliphatic carbocycles. The summed E-state index contributed by atoms with van der Waals surface area (Å²) in [7, 11) is -4.05. The smallest absolute Gasteiger partial charge is 0.319 e. The van der Waals surface area contributed by atoms with Gasteiger partial charge in [0.2, 0.25) is 15.0 Å². The number of anilines is 1. The first-order valence-corrected chi connectivity index (χ1v) is 11.3. The van der Waals surface area contributed by atoms with Crippen molar-refractivity contribution in [2.75, 3.05) is 5.32 Å². The number of aromatic nitrogens is 2. The number of sulfone groups is 1. The van der Waals surface area contributed by atoms with Gasteiger partial charge in [0.25, 0.3) is 5.91 Å². The summed E-state index contributed by atoms with van der Waals surface area (Å²) in [6.45, 7) is 1.74. The number of benzene rings is 2. The number of nitrogens with one attached hydrogen (secondary N) is 1. The molecule has 168 valence electrons. The van der Waals surface area contributed by atoms with Crippen molar-refractivity contribution in [1.29, 1.82) is 0 Å². The largest absolute Gasteiger partial charge is 0.416 e. The van der Waals surface area contributed by atoms with Crippen molar-refractivity contribution in [2.24, 2.45) is 0 Å². The van der Waals surface area contributed by atoms with Gasteiger partial charge in [0, 0.05) is 0 Å². The maximum atomic E-state index is 13.0. The van der Waals surface area contributed by atoms with Crippen molar-refractivity contribution >= 4 is 44.6 Å². The summed E-state index contributed by atoms with van der Waals surface area (Å²) < 4.78 is 64.4. The van der Waals surface area contributed by atoms with E-state index in [-0.39, 0.29) is 15.7 Å². The third-order valence-corrected chi connectivity index (χ3v) is 6.41. The fourth-order valence-electron chi connectivity index (χ4n) is 2.68. The van der Waals surface area contributed by atoms with Gasteiger partial charge in [0.15, 0.2) is 5.69 Å². The molecule has 0 radical (unpaired) electrons. The van der Waals surface area contributed by atoms with E-state index in [4.69, 9.17) is 23.2 Å². The Labute approximate surface area is 191 Å². The van der Waals surface area contributed by atoms with Crippen LogP contribution in [0.1, 0.15) is 27.2 Å². The maximum absolute atomic E-state index is 13.0. The van der Waals surface area contributed by atoms with Gasteiger partial charge < -0.3 is 5.32 Å². The van der Waals surface area contributed by atoms with E-state index in [2.05, 4.69) is 15.3 Å². The van der Waals surface area contributed by atoms with Crippen LogP contribution in [0.15, 0.2) is 53.8 Å². The van der Waals surface area contributed by atoms with Crippen LogP contribution in [-0.2, 0) is 21.8 Å². The zero-order chi connectivity index (χ0) is 23.7. The Morgan fingerprint density at radius 2 is 1.78 bits per heavy atom. The second-order valence-electron chi connectivity index (χ2n) is 6.68. The number of hydrogen-bond acceptors (Lipinski definition) is 5. The summed E-state index contributed by atoms with van der Waals surface area (Å²) in [5, 5.41) is 1.07. The maximum Gasteiger partial charge on any atom is 0.416 e. The van der Waals surface area contributed by atoms with Crippen LogP contribution < -0.4 is 5.32 Å². The molecule has 0 fully saturated rings. The molecule has 0 saturated carbocycles. The molecule has 6 nitrogen and oxygen atoms in total. The highest BCUT2D eigenvalue weighted by Gasteiger charge is 2.31. The van der Waals surface area contributed by atoms with Crippen LogP contribution in [0.25, 0.3) is 0 Å². The molecule has 3 aromatic rings. The predicted molar refractivity (Wildman–Crippen MR) is 114 cm³/mol. The minimum absolute atomic E-state index is 0.163. The second kappa shape index (κ2) is 9.05. The molecule has 0 bridgehead atoms. The van der Waals surface area contributed by atoms with Gasteiger partial charge in [-0.3, -0.25) is 4.79 Å². The monoisotopic (exact) mass is 503 g/mol. The van der Waals surface area contributed by atoms with Gasteiger partial charge in [-0.15, -0.1) is 0 Å². The molecule has 1 aromatic heterocycles. The number of carbonyl (C=O) groups excluding carboxylic acids is 1. The predicted octanol–water partition coefficient (Wildman–Crippen LogP) is 5.34. The molecule has 0 aliphatic rings. The third kappa shape index (κ3) is 5.37. The fraction of sp³-hybridized carbons (Fsp3) is 0.150. The molecule has 0 unspecified atom stereocenters. The van der Waals surface area contributed by atoms with Crippen molar-refractivity contribution in [3.63, 3.8) is 0 Å². The highest BCUT2D eigenvalue weighted by molar-refractivity contribution is 7.90. The average molecular weight is 504 g/mol. The topological polar surface area (TPSA) is 89.0 Å². The molecular formula is C20H14Cl2F3N3O3S. The standard InChI is InChI=1S/C20H14Cl2F3N3O3S/c1-11-4-2-3-5-12(11)10-32(30,31)19-26-9-15(22)17(28-19)18(29)27-16-8-13(20(23,24)25)6-7-14(16)21/h2-9H,10H2,1H3,(H,27,29). The van der Waals surface area contributed by atoms with E-state index < -0.39 is 44.1 Å². The Balaban J connectivity index is 1.92. The molecule has 0 spiro atoms. The van der Waals surface area contributed by atoms with E-state index in [9.17, 15) is 26.4 Å². The number of halogens is 5. The molecule has 2 aromatic carbocycles. The Morgan fingerprint density at radius 3 is 2.44 bits per heavy atom. The summed E-state index contributed by atoms with van der Waals surface area (Å²) >= 11 is 11.8. The van der Waals surface area contributed by atoms with Crippen LogP contribution in [-0.4, -0.2) is 24.3 Å². The Hall–Kier alpha value is -2.69. The van der Waals surface area contributed by atoms with Crippen LogP contribution >= 0.6 is 23.2 Å². The Bertz CT molecular complexity index is 1300. The zero-order valence-corrected chi connectivity index (χ0v) is 18.6. The molecule has 0 atom stereocenters. The minimum Gasteiger partial charge on any atom is -0.319 e. The van der Waals surface area contributed by atoms with E-state index in [1.807, 2.05) is 0 Å². The number of carbonyl (C=O) groups is 1. The van der Waals surface area contributed by atoms with E-state index in [0.717, 1.165) is 23.9 Å². The lowest BCUT2D eigenvalue weighted by molar-refractivity contribution is -0.137. The van der Waals surface area contributed by atoms with Gasteiger partial charge in [-0.25, -0.2) is 18.4 Å². The molecule has 32 heavy (non-hydrogen) atoms. The molecular weight excluding hydrogens is 490 g/mol. The number of amides is 1. The summed E-state index contributed by atoms with van der Waals surface area (Å²) in [5.74, 6) is -1.46. The number of hydrogen-bond donors (Lipinski definition) is 1. The van der Waals surface area contributed by atoms with Crippen LogP contribution in [0.4, 0.5) is 18.9 Å². The highest BCUT2D eigenvalue weighted by atomic mass is 35.5. The molecule has 1 heterocycles. The number of aryl methyl sites for hydroxylation is 1. The quantitative estimate of drug-likeness (QED) is 0.474. The molecule has 0 saturated heterocycles. The van der Waals surface area contributed by atoms with Crippen molar-refractivity contribution in [1.82, 2.24) is 9.97 Å². The van der Waals surface area contributed by atoms with Crippen LogP contribution in [0.2, 0.25) is 10.0 Å². The van der Waals surface area contributed by atoms with Crippen molar-refractivity contribution in [2.45, 2.75) is 24.0 Å². The normalized spacial score (nSPS) is 11.9. The van der Waals surface area contributed by atoms with E-state index in [1.54, 1.807) is 31.2 Å². The Kier molecular flexibility index (Phi) is 6.77. The first kappa shape index (κ1) is 24.0. The van der Waals surface area contributed by atoms with Gasteiger partial charge in [-0.1, -0.05) is 47.5 Å². The SMILES string of the molecule is Cc1ccccc1CS(=O)(=O)c1ncc(Cl)c(C(=O)Nc2cc(C(F)(F)F)ccc2Cl)n1. The van der Waals surface area contributed by atoms with Crippen LogP contribution in [0.3, 0.4) is 0 Å². The summed E-state index contributed by atoms with van der Waals surface area (Å²) in [4.78, 5) is 20.1. The number of nitrogens with zero attached hydrogens (tertiary/aromatic N) is 2. The van der Waals surface area contributed by atoms with E-state index in [0.29, 0.717) is 11.6 Å². The number of rotatable bonds is 5. The van der Waals surface area contributed by atoms with Gasteiger partial charge in [-0.2, -0.15) is 13.2 Å². The average Bonchev–Trinajstić information content (AvgIpc) is 2.70. The lowest BCUT2D eigenvalue weighted by atomic mass is 10.1. The highest BCUT2D eigenvalue weighted by Crippen LogP contribution is 2.34. The van der Waals surface area contributed by atoms with Crippen LogP contribution in [0.5, 0.6) is 0 Å². The van der Waals surface area contributed by atoms with Crippen molar-refractivity contribution in [3.8, 4) is 0 Å². The molecule has 1 N–H and O–H groups in total. The molecule has 0 aliphatic heterocycles. The first-order chi connectivity index (χ1) is 14.9. The summed E-state index contributed by atoms with van der Waals surface area (Å²) in [6.07, 6.45) is -3.73. The molecule has 1 amide bonds. The van der Waals surface area contributed by atoms with Gasteiger partial charge >= 0.3 is 6.18 Å². The van der Waals surface area contributed by atoms with E-state index in [1.165, 1.54) is 0 Å². The summed E-state index contributed by atoms with van der Waals surface area (Å²) in [6, 6.07) is 9.18. The lowest BCUT2D eigenvalue weighted by Crippen LogP contribution is -2.19. The first-order valence-electron chi connectivity index (χ1n) is 8.86. The second-order valence-corrected chi connectivity index (χ2v) is 9.38. The minimum atomic E-state index is -4.66. The van der Waals surface area contributed by atoms with Crippen LogP contribution in [0, 0.1) is 6.92 Å². The van der Waals surface area contributed by atoms with Gasteiger partial charge in [0.05, 0.1) is 33.2 Å². The summed E-state index contributed by atoms with van der Waals surface area (Å²) in [5.41, 5.74) is -0.647. The van der Waals surface area contributed by atoms with Gasteiger partial charge in [0.1, 0.15) is 0 Å². The number of alkyl halides is 3. The Morgan fingerprint density at radius 1 is 1.09 bits per heavy atom. The molecule has 3 rings (SSSR count). The zero-order valence-electron chi connectivity index (χ0n) is 16.2. The molecule has 12 heteroatoms. The van der Waals surface area contributed by atoms with Crippen molar-refractivity contribution in [3.05, 3.63) is 81.1 Å². The fourth-order valence-corrected chi connectivity index (χ4v) is 4.33. The van der Waals surface area contributed by atoms with Crippen molar-refractivity contribution < 1.29 is 26.4 Å². The lowest BCUT2D eigenvalue weighted by Gasteiger charge is -2.12. The van der Waals surface area contributed by atoms with Gasteiger partial charge in [-0.05, 0) is 36.2 Å². The van der Waals surface area contributed by atoms with E-state index >= 15 is 0 Å². The third-order valence-electron chi connectivity index (χ3n) is 4.36.